The van der Waals surface area contributed by atoms with Crippen molar-refractivity contribution in [2.45, 2.75) is 94.6 Å². The Bertz CT molecular complexity index is 3310. The molecule has 9 rings (SSSR count). The smallest absolute Gasteiger partial charge is 0.408 e. The monoisotopic (exact) mass is 1010 g/mol. The number of H-pyrrole nitrogens is 4. The van der Waals surface area contributed by atoms with Crippen molar-refractivity contribution in [2.75, 3.05) is 0 Å². The molecule has 4 aromatic heterocycles. The van der Waals surface area contributed by atoms with Crippen LogP contribution in [0.3, 0.4) is 0 Å². The number of imidazole rings is 1. The molecule has 0 spiro atoms. The average Bonchev–Trinajstić information content (AvgIpc) is 4.26. The Hall–Kier alpha value is -9.00. The fraction of sp³-hybridized carbons (Fsp3) is 0.286. The highest BCUT2D eigenvalue weighted by atomic mass is 16.5. The van der Waals surface area contributed by atoms with E-state index < -0.39 is 71.8 Å². The summed E-state index contributed by atoms with van der Waals surface area (Å²) in [7, 11) is 0. The number of carbonyl (C=O) groups is 7. The Morgan fingerprint density at radius 3 is 1.67 bits per heavy atom. The largest absolute Gasteiger partial charge is 0.480 e. The number of alkyl carbamates (subject to hydrolysis) is 1. The van der Waals surface area contributed by atoms with E-state index in [0.717, 1.165) is 55.0 Å². The summed E-state index contributed by atoms with van der Waals surface area (Å²) in [6, 6.07) is 25.9. The predicted octanol–water partition coefficient (Wildman–Crippen LogP) is 5.59. The summed E-state index contributed by atoms with van der Waals surface area (Å²) in [4.78, 5) is 113. The van der Waals surface area contributed by atoms with Crippen molar-refractivity contribution in [1.29, 1.82) is 0 Å². The van der Waals surface area contributed by atoms with Gasteiger partial charge in [-0.2, -0.15) is 0 Å². The summed E-state index contributed by atoms with van der Waals surface area (Å²) < 4.78 is 5.53. The molecule has 5 amide bonds. The van der Waals surface area contributed by atoms with Gasteiger partial charge in [-0.25, -0.2) is 14.6 Å². The Labute approximate surface area is 430 Å². The van der Waals surface area contributed by atoms with Crippen molar-refractivity contribution in [3.05, 3.63) is 162 Å². The van der Waals surface area contributed by atoms with Gasteiger partial charge >= 0.3 is 12.1 Å². The summed E-state index contributed by atoms with van der Waals surface area (Å²) in [5.41, 5.74) is 5.96. The lowest BCUT2D eigenvalue weighted by molar-refractivity contribution is -0.142. The van der Waals surface area contributed by atoms with Crippen LogP contribution >= 0.6 is 0 Å². The van der Waals surface area contributed by atoms with E-state index in [2.05, 4.69) is 51.5 Å². The molecule has 0 bridgehead atoms. The molecule has 0 saturated heterocycles. The highest BCUT2D eigenvalue weighted by molar-refractivity contribution is 5.97. The Morgan fingerprint density at radius 2 is 1.12 bits per heavy atom. The van der Waals surface area contributed by atoms with Crippen molar-refractivity contribution in [3.63, 3.8) is 0 Å². The van der Waals surface area contributed by atoms with Crippen LogP contribution in [0.25, 0.3) is 32.7 Å². The van der Waals surface area contributed by atoms with Gasteiger partial charge in [-0.3, -0.25) is 24.0 Å². The number of nitrogens with zero attached hydrogens (tertiary/aromatic N) is 1. The number of rotatable bonds is 22. The van der Waals surface area contributed by atoms with E-state index in [1.165, 1.54) is 12.5 Å². The highest BCUT2D eigenvalue weighted by Gasteiger charge is 2.36. The quantitative estimate of drug-likeness (QED) is 0.0402. The normalized spacial score (nSPS) is 16.1. The molecule has 386 valence electrons. The Morgan fingerprint density at radius 1 is 0.600 bits per heavy atom. The molecule has 0 radical (unpaired) electrons. The SMILES string of the molecule is O=C(CC[C@H]1CCC[C@@H](NC(=O)[C@H](Cc2c[nH]c3ccccc23)NC(=O)[C@H](Cc2c[nH]c3ccccc23)NC(=O)OCc2ccccc2)C1=O)N[C@@H](Cc1c[nH]c2ccccc12)C(=O)N[C@@H](Cc1cnc[nH]1)C(=O)O. The number of para-hydroxylation sites is 3. The first-order chi connectivity index (χ1) is 36.4. The zero-order chi connectivity index (χ0) is 52.3. The maximum Gasteiger partial charge on any atom is 0.408 e. The molecule has 4 heterocycles. The third-order valence-electron chi connectivity index (χ3n) is 13.8. The van der Waals surface area contributed by atoms with Crippen molar-refractivity contribution in [3.8, 4) is 0 Å². The number of carboxylic acids is 1. The topological polar surface area (TPSA) is 285 Å². The van der Waals surface area contributed by atoms with Crippen LogP contribution in [0, 0.1) is 5.92 Å². The molecule has 0 aliphatic heterocycles. The predicted molar refractivity (Wildman–Crippen MR) is 279 cm³/mol. The van der Waals surface area contributed by atoms with Gasteiger partial charge in [0.2, 0.25) is 23.6 Å². The van der Waals surface area contributed by atoms with Crippen molar-refractivity contribution >= 4 is 74.2 Å². The average molecular weight is 1020 g/mol. The molecular formula is C56H58N10O9. The number of ketones is 1. The first-order valence-corrected chi connectivity index (χ1v) is 25.0. The molecule has 1 aliphatic rings. The minimum atomic E-state index is -1.32. The van der Waals surface area contributed by atoms with Crippen LogP contribution in [0.15, 0.2) is 134 Å². The van der Waals surface area contributed by atoms with E-state index in [1.54, 1.807) is 18.6 Å². The Balaban J connectivity index is 0.883. The van der Waals surface area contributed by atoms with Gasteiger partial charge in [0.05, 0.1) is 12.4 Å². The van der Waals surface area contributed by atoms with Crippen LogP contribution in [0.2, 0.25) is 0 Å². The lowest BCUT2D eigenvalue weighted by Crippen LogP contribution is -2.57. The van der Waals surface area contributed by atoms with Gasteiger partial charge in [0, 0.05) is 101 Å². The van der Waals surface area contributed by atoms with E-state index in [1.807, 2.05) is 103 Å². The van der Waals surface area contributed by atoms with Crippen molar-refractivity contribution in [1.82, 2.24) is 51.5 Å². The number of Topliss-reactive ketones (excluding diaryl/α,β-unsaturated/α-hetero) is 1. The number of nitrogens with one attached hydrogen (secondary N) is 9. The number of ether oxygens (including phenoxy) is 1. The number of hydrogen-bond acceptors (Lipinski definition) is 9. The van der Waals surface area contributed by atoms with Crippen LogP contribution in [0.1, 0.15) is 60.1 Å². The Kier molecular flexibility index (Phi) is 16.1. The molecule has 4 aromatic carbocycles. The number of aliphatic carboxylic acids is 1. The number of carbonyl (C=O) groups excluding carboxylic acids is 6. The second-order valence-corrected chi connectivity index (χ2v) is 18.9. The van der Waals surface area contributed by atoms with Gasteiger partial charge in [-0.1, -0.05) is 91.3 Å². The zero-order valence-corrected chi connectivity index (χ0v) is 40.9. The van der Waals surface area contributed by atoms with Gasteiger partial charge in [0.25, 0.3) is 0 Å². The zero-order valence-electron chi connectivity index (χ0n) is 40.9. The van der Waals surface area contributed by atoms with E-state index in [-0.39, 0.29) is 50.9 Å². The summed E-state index contributed by atoms with van der Waals surface area (Å²) in [5.74, 6) is -4.63. The second kappa shape index (κ2) is 23.7. The number of fused-ring (bicyclic) bond motifs is 3. The summed E-state index contributed by atoms with van der Waals surface area (Å²) in [5, 5.41) is 26.5. The van der Waals surface area contributed by atoms with Crippen LogP contribution in [-0.2, 0) is 65.8 Å². The van der Waals surface area contributed by atoms with E-state index in [9.17, 15) is 38.7 Å². The van der Waals surface area contributed by atoms with Gasteiger partial charge in [-0.15, -0.1) is 0 Å². The second-order valence-electron chi connectivity index (χ2n) is 18.9. The van der Waals surface area contributed by atoms with E-state index in [4.69, 9.17) is 4.74 Å². The lowest BCUT2D eigenvalue weighted by atomic mass is 9.81. The number of carboxylic acid groups (broad SMARTS) is 1. The molecule has 1 saturated carbocycles. The summed E-state index contributed by atoms with van der Waals surface area (Å²) in [6.07, 6.45) is 8.73. The van der Waals surface area contributed by atoms with Crippen molar-refractivity contribution in [2.24, 2.45) is 5.92 Å². The van der Waals surface area contributed by atoms with Crippen LogP contribution in [-0.4, -0.2) is 102 Å². The maximum absolute atomic E-state index is 14.6. The number of aromatic nitrogens is 5. The summed E-state index contributed by atoms with van der Waals surface area (Å²) in [6.45, 7) is -0.0347. The first-order valence-electron chi connectivity index (χ1n) is 25.0. The molecular weight excluding hydrogens is 957 g/mol. The standard InChI is InChI=1S/C56H58N10O9/c67-50(62-46(23-35-27-58-42-17-7-4-14-39(35)42)52(69)65-49(55(72)73)26-38-30-57-32-61-38)22-21-34-13-10-20-45(51(34)68)63-53(70)47(24-36-28-59-43-18-8-5-15-40(36)43)64-54(71)48(25-37-29-60-44-19-9-6-16-41(37)44)66-56(74)75-31-33-11-2-1-3-12-33/h1-9,11-12,14-19,27-30,32,34,45-49,58-60H,10,13,20-26,31H2,(H,57,61)(H,62,67)(H,63,70)(H,64,71)(H,65,69)(H,66,74)(H,72,73)/t34-,45-,46+,47+,48+,49+/m1/s1. The molecule has 0 unspecified atom stereocenters. The third kappa shape index (κ3) is 12.8. The number of benzene rings is 4. The number of aromatic amines is 4. The van der Waals surface area contributed by atoms with Gasteiger partial charge < -0.3 is 56.4 Å². The van der Waals surface area contributed by atoms with Crippen LogP contribution in [0.5, 0.6) is 0 Å². The molecule has 10 N–H and O–H groups in total. The van der Waals surface area contributed by atoms with E-state index >= 15 is 0 Å². The minimum Gasteiger partial charge on any atom is -0.480 e. The van der Waals surface area contributed by atoms with E-state index in [0.29, 0.717) is 25.0 Å². The molecule has 19 nitrogen and oxygen atoms in total. The fourth-order valence-electron chi connectivity index (χ4n) is 9.87. The molecule has 19 heteroatoms. The molecule has 8 aromatic rings. The fourth-order valence-corrected chi connectivity index (χ4v) is 9.87. The minimum absolute atomic E-state index is 0.0347. The van der Waals surface area contributed by atoms with Gasteiger partial charge in [0.15, 0.2) is 5.78 Å². The van der Waals surface area contributed by atoms with Crippen LogP contribution < -0.4 is 26.6 Å². The van der Waals surface area contributed by atoms with Gasteiger partial charge in [0.1, 0.15) is 30.8 Å². The number of hydrogen-bond donors (Lipinski definition) is 10. The first kappa shape index (κ1) is 50.9. The highest BCUT2D eigenvalue weighted by Crippen LogP contribution is 2.27. The maximum atomic E-state index is 14.6. The summed E-state index contributed by atoms with van der Waals surface area (Å²) >= 11 is 0. The lowest BCUT2D eigenvalue weighted by Gasteiger charge is -2.30. The molecule has 6 atom stereocenters. The molecule has 1 fully saturated rings. The van der Waals surface area contributed by atoms with Gasteiger partial charge in [-0.05, 0) is 59.7 Å². The molecule has 1 aliphatic carbocycles. The van der Waals surface area contributed by atoms with Crippen LogP contribution in [0.4, 0.5) is 4.79 Å². The molecule has 75 heavy (non-hydrogen) atoms. The third-order valence-corrected chi connectivity index (χ3v) is 13.8. The number of amides is 5. The van der Waals surface area contributed by atoms with Crippen molar-refractivity contribution < 1.29 is 43.4 Å².